The Bertz CT molecular complexity index is 92.6. The molecule has 1 aliphatic carbocycles. The van der Waals surface area contributed by atoms with Gasteiger partial charge in [-0.1, -0.05) is 31.2 Å². The van der Waals surface area contributed by atoms with Crippen molar-refractivity contribution in [1.82, 2.24) is 0 Å². The predicted molar refractivity (Wildman–Crippen MR) is 32.1 cm³/mol. The number of hydrogen-bond donors (Lipinski definition) is 0. The van der Waals surface area contributed by atoms with Gasteiger partial charge >= 0.3 is 0 Å². The first-order valence-electron chi connectivity index (χ1n) is 2.78. The number of hydrogen-bond acceptors (Lipinski definition) is 0. The zero-order valence-corrected chi connectivity index (χ0v) is 4.59. The Hall–Kier alpha value is -0.520. The number of allylic oxidation sites excluding steroid dienone is 4. The molecule has 38 valence electrons. The van der Waals surface area contributed by atoms with E-state index < -0.39 is 0 Å². The minimum Gasteiger partial charge on any atom is -0.0879 e. The van der Waals surface area contributed by atoms with E-state index in [0.29, 0.717) is 0 Å². The second kappa shape index (κ2) is 1.97. The molecule has 0 nitrogen and oxygen atoms in total. The van der Waals surface area contributed by atoms with Crippen molar-refractivity contribution >= 4 is 0 Å². The van der Waals surface area contributed by atoms with Gasteiger partial charge in [0.1, 0.15) is 0 Å². The molecule has 0 aliphatic heterocycles. The summed E-state index contributed by atoms with van der Waals surface area (Å²) in [6.07, 6.45) is 9.96. The average Bonchev–Trinajstić information content (AvgIpc) is 2.42. The van der Waals surface area contributed by atoms with Gasteiger partial charge in [-0.15, -0.1) is 0 Å². The minimum atomic E-state index is 0.722. The third-order valence-electron chi connectivity index (χ3n) is 1.01. The maximum absolute atomic E-state index is 2.22. The maximum atomic E-state index is 2.22. The van der Waals surface area contributed by atoms with Gasteiger partial charge in [0.15, 0.2) is 0 Å². The molecule has 0 aromatic heterocycles. The highest BCUT2D eigenvalue weighted by Crippen LogP contribution is 2.16. The topological polar surface area (TPSA) is 0 Å². The summed E-state index contributed by atoms with van der Waals surface area (Å²) >= 11 is 0. The van der Waals surface area contributed by atoms with Crippen LogP contribution in [0.5, 0.6) is 0 Å². The molecule has 1 rings (SSSR count). The summed E-state index contributed by atoms with van der Waals surface area (Å²) in [4.78, 5) is 0. The van der Waals surface area contributed by atoms with E-state index >= 15 is 0 Å². The zero-order valence-electron chi connectivity index (χ0n) is 4.59. The Morgan fingerprint density at radius 3 is 2.71 bits per heavy atom. The standard InChI is InChI=1S/C7H10/c1-2-3-4-7-5-6-7/h3-7H,2H2,1H3. The molecule has 0 N–H and O–H groups in total. The highest BCUT2D eigenvalue weighted by atomic mass is 14.1. The summed E-state index contributed by atoms with van der Waals surface area (Å²) in [5, 5.41) is 0. The molecule has 0 amide bonds. The lowest BCUT2D eigenvalue weighted by atomic mass is 10.3. The van der Waals surface area contributed by atoms with Crippen molar-refractivity contribution in [2.24, 2.45) is 5.92 Å². The molecule has 0 heterocycles. The third-order valence-corrected chi connectivity index (χ3v) is 1.01. The van der Waals surface area contributed by atoms with Crippen molar-refractivity contribution < 1.29 is 0 Å². The van der Waals surface area contributed by atoms with E-state index in [1.54, 1.807) is 0 Å². The predicted octanol–water partition coefficient (Wildman–Crippen LogP) is 2.14. The van der Waals surface area contributed by atoms with Gasteiger partial charge in [-0.2, -0.15) is 0 Å². The van der Waals surface area contributed by atoms with Crippen molar-refractivity contribution in [3.05, 3.63) is 24.3 Å². The Balaban J connectivity index is 2.07. The van der Waals surface area contributed by atoms with Gasteiger partial charge in [0.2, 0.25) is 0 Å². The van der Waals surface area contributed by atoms with Crippen molar-refractivity contribution in [2.75, 3.05) is 0 Å². The Kier molecular flexibility index (Phi) is 1.30. The van der Waals surface area contributed by atoms with Crippen molar-refractivity contribution in [3.8, 4) is 0 Å². The molecule has 0 saturated heterocycles. The highest BCUT2D eigenvalue weighted by Gasteiger charge is 2.02. The Labute approximate surface area is 44.5 Å². The van der Waals surface area contributed by atoms with Crippen LogP contribution in [0.1, 0.15) is 13.3 Å². The lowest BCUT2D eigenvalue weighted by molar-refractivity contribution is 1.16. The molecule has 0 atom stereocenters. The van der Waals surface area contributed by atoms with E-state index in [9.17, 15) is 0 Å². The second-order valence-electron chi connectivity index (χ2n) is 1.80. The fourth-order valence-electron chi connectivity index (χ4n) is 0.486. The lowest BCUT2D eigenvalue weighted by Crippen LogP contribution is -1.62. The van der Waals surface area contributed by atoms with Crippen LogP contribution in [0.2, 0.25) is 0 Å². The molecule has 0 unspecified atom stereocenters. The molecule has 0 fully saturated rings. The van der Waals surface area contributed by atoms with Crippen LogP contribution in [0.15, 0.2) is 24.3 Å². The first-order valence-corrected chi connectivity index (χ1v) is 2.78. The van der Waals surface area contributed by atoms with Gasteiger partial charge < -0.3 is 0 Å². The Morgan fingerprint density at radius 2 is 2.29 bits per heavy atom. The summed E-state index contributed by atoms with van der Waals surface area (Å²) < 4.78 is 0. The zero-order chi connectivity index (χ0) is 5.11. The van der Waals surface area contributed by atoms with E-state index in [-0.39, 0.29) is 0 Å². The first kappa shape index (κ1) is 4.63. The highest BCUT2D eigenvalue weighted by molar-refractivity contribution is 5.21. The molecule has 0 bridgehead atoms. The summed E-state index contributed by atoms with van der Waals surface area (Å²) in [5.41, 5.74) is 0. The van der Waals surface area contributed by atoms with Crippen molar-refractivity contribution in [3.63, 3.8) is 0 Å². The largest absolute Gasteiger partial charge is 0.0879 e. The van der Waals surface area contributed by atoms with Gasteiger partial charge in [-0.3, -0.25) is 0 Å². The fraction of sp³-hybridized carbons (Fsp3) is 0.429. The monoisotopic (exact) mass is 94.1 g/mol. The maximum Gasteiger partial charge on any atom is 0.0128 e. The molecular weight excluding hydrogens is 84.1 g/mol. The van der Waals surface area contributed by atoms with Gasteiger partial charge in [-0.25, -0.2) is 0 Å². The smallest absolute Gasteiger partial charge is 0.0128 e. The molecule has 0 radical (unpaired) electrons. The molecule has 0 spiro atoms. The van der Waals surface area contributed by atoms with Crippen LogP contribution in [0.25, 0.3) is 0 Å². The molecule has 7 heavy (non-hydrogen) atoms. The average molecular weight is 94.2 g/mol. The van der Waals surface area contributed by atoms with Crippen LogP contribution in [-0.4, -0.2) is 0 Å². The van der Waals surface area contributed by atoms with Crippen LogP contribution < -0.4 is 0 Å². The van der Waals surface area contributed by atoms with E-state index in [2.05, 4.69) is 31.2 Å². The van der Waals surface area contributed by atoms with E-state index in [1.807, 2.05) is 0 Å². The molecular formula is C7H10. The molecule has 0 aromatic rings. The van der Waals surface area contributed by atoms with Crippen molar-refractivity contribution in [1.29, 1.82) is 0 Å². The van der Waals surface area contributed by atoms with Crippen LogP contribution in [0.4, 0.5) is 0 Å². The van der Waals surface area contributed by atoms with Crippen LogP contribution in [0, 0.1) is 5.92 Å². The summed E-state index contributed by atoms with van der Waals surface area (Å²) in [7, 11) is 0. The van der Waals surface area contributed by atoms with E-state index in [0.717, 1.165) is 12.3 Å². The summed E-state index contributed by atoms with van der Waals surface area (Å²) in [6, 6.07) is 0. The van der Waals surface area contributed by atoms with E-state index in [1.165, 1.54) is 0 Å². The SMILES string of the molecule is CCC=CC1C=C1. The van der Waals surface area contributed by atoms with Gasteiger partial charge in [0, 0.05) is 5.92 Å². The molecule has 0 heteroatoms. The summed E-state index contributed by atoms with van der Waals surface area (Å²) in [6.45, 7) is 2.15. The van der Waals surface area contributed by atoms with Crippen LogP contribution in [0.3, 0.4) is 0 Å². The van der Waals surface area contributed by atoms with Crippen LogP contribution in [-0.2, 0) is 0 Å². The van der Waals surface area contributed by atoms with E-state index in [4.69, 9.17) is 0 Å². The van der Waals surface area contributed by atoms with Gasteiger partial charge in [0.25, 0.3) is 0 Å². The number of rotatable bonds is 2. The van der Waals surface area contributed by atoms with Gasteiger partial charge in [-0.05, 0) is 6.42 Å². The van der Waals surface area contributed by atoms with Crippen molar-refractivity contribution in [2.45, 2.75) is 13.3 Å². The third kappa shape index (κ3) is 1.58. The molecule has 0 saturated carbocycles. The molecule has 0 aromatic carbocycles. The minimum absolute atomic E-state index is 0.722. The molecule has 1 aliphatic rings. The fourth-order valence-corrected chi connectivity index (χ4v) is 0.486. The van der Waals surface area contributed by atoms with Gasteiger partial charge in [0.05, 0.1) is 0 Å². The quantitative estimate of drug-likeness (QED) is 0.460. The second-order valence-corrected chi connectivity index (χ2v) is 1.80. The van der Waals surface area contributed by atoms with Crippen LogP contribution >= 0.6 is 0 Å². The summed E-state index contributed by atoms with van der Waals surface area (Å²) in [5.74, 6) is 0.722. The lowest BCUT2D eigenvalue weighted by Gasteiger charge is -1.76. The Morgan fingerprint density at radius 1 is 1.57 bits per heavy atom. The normalized spacial score (nSPS) is 19.0. The first-order chi connectivity index (χ1) is 3.43.